The molecule has 0 unspecified atom stereocenters. The topological polar surface area (TPSA) is 85.0 Å². The second-order valence-electron chi connectivity index (χ2n) is 10.7. The monoisotopic (exact) mass is 562 g/mol. The summed E-state index contributed by atoms with van der Waals surface area (Å²) in [6.07, 6.45) is 2.08. The van der Waals surface area contributed by atoms with E-state index in [1.54, 1.807) is 6.07 Å². The lowest BCUT2D eigenvalue weighted by Gasteiger charge is -2.36. The van der Waals surface area contributed by atoms with Crippen molar-refractivity contribution >= 4 is 11.9 Å². The number of aromatic nitrogens is 2. The number of ether oxygens (including phenoxy) is 1. The van der Waals surface area contributed by atoms with Crippen LogP contribution >= 0.6 is 0 Å². The van der Waals surface area contributed by atoms with Gasteiger partial charge in [0.2, 0.25) is 5.95 Å². The molecular formula is C31H39FN6O3. The third kappa shape index (κ3) is 7.92. The van der Waals surface area contributed by atoms with Gasteiger partial charge in [0.15, 0.2) is 0 Å². The van der Waals surface area contributed by atoms with Crippen LogP contribution in [0.5, 0.6) is 5.75 Å². The molecule has 9 nitrogen and oxygen atoms in total. The number of rotatable bonds is 10. The van der Waals surface area contributed by atoms with E-state index in [1.807, 2.05) is 46.2 Å². The number of hydrogen-bond acceptors (Lipinski definition) is 7. The number of benzene rings is 2. The van der Waals surface area contributed by atoms with Crippen molar-refractivity contribution in [2.24, 2.45) is 0 Å². The van der Waals surface area contributed by atoms with Crippen LogP contribution in [0.25, 0.3) is 0 Å². The van der Waals surface area contributed by atoms with Crippen LogP contribution in [-0.2, 0) is 13.1 Å². The smallest absolute Gasteiger partial charge is 0.253 e. The number of carbonyl (C=O) groups excluding carboxylic acids is 1. The number of aromatic amines is 1. The standard InChI is InChI=1S/C31H39FN6O3/c1-2-3-20-41-28-10-6-25(7-11-28)30(40)37-16-18-38(19-17-37)31-33-27(21-29(39)34-31)23-36-14-12-35(13-15-36)22-24-4-8-26(32)9-5-24/h4-11,21H,2-3,12-20,22-23H2,1H3,(H,33,34,39). The van der Waals surface area contributed by atoms with Gasteiger partial charge in [-0.3, -0.25) is 24.4 Å². The molecule has 1 amide bonds. The molecule has 2 aromatic carbocycles. The van der Waals surface area contributed by atoms with Crippen LogP contribution in [0.3, 0.4) is 0 Å². The molecule has 0 radical (unpaired) electrons. The summed E-state index contributed by atoms with van der Waals surface area (Å²) < 4.78 is 18.9. The Hall–Kier alpha value is -3.76. The molecular weight excluding hydrogens is 523 g/mol. The number of halogens is 1. The maximum absolute atomic E-state index is 13.2. The van der Waals surface area contributed by atoms with Crippen molar-refractivity contribution in [2.75, 3.05) is 63.9 Å². The molecule has 0 aliphatic carbocycles. The zero-order chi connectivity index (χ0) is 28.6. The van der Waals surface area contributed by atoms with Gasteiger partial charge in [-0.25, -0.2) is 9.37 Å². The summed E-state index contributed by atoms with van der Waals surface area (Å²) in [6.45, 7) is 10.1. The van der Waals surface area contributed by atoms with Crippen molar-refractivity contribution in [1.29, 1.82) is 0 Å². The number of unbranched alkanes of at least 4 members (excludes halogenated alkanes) is 1. The van der Waals surface area contributed by atoms with E-state index in [4.69, 9.17) is 9.72 Å². The highest BCUT2D eigenvalue weighted by Crippen LogP contribution is 2.17. The summed E-state index contributed by atoms with van der Waals surface area (Å²) in [4.78, 5) is 41.8. The molecule has 0 saturated carbocycles. The minimum Gasteiger partial charge on any atom is -0.494 e. The third-order valence-corrected chi connectivity index (χ3v) is 7.69. The van der Waals surface area contributed by atoms with Gasteiger partial charge in [-0.1, -0.05) is 25.5 Å². The molecule has 2 aliphatic heterocycles. The third-order valence-electron chi connectivity index (χ3n) is 7.69. The lowest BCUT2D eigenvalue weighted by atomic mass is 10.1. The molecule has 0 atom stereocenters. The van der Waals surface area contributed by atoms with E-state index in [-0.39, 0.29) is 17.3 Å². The molecule has 218 valence electrons. The molecule has 5 rings (SSSR count). The minimum absolute atomic E-state index is 0.00136. The summed E-state index contributed by atoms with van der Waals surface area (Å²) in [5.41, 5.74) is 2.33. The number of amides is 1. The second-order valence-corrected chi connectivity index (χ2v) is 10.7. The molecule has 10 heteroatoms. The first-order valence-corrected chi connectivity index (χ1v) is 14.5. The van der Waals surface area contributed by atoms with Gasteiger partial charge in [-0.15, -0.1) is 0 Å². The Labute approximate surface area is 240 Å². The molecule has 2 saturated heterocycles. The van der Waals surface area contributed by atoms with Gasteiger partial charge in [-0.2, -0.15) is 0 Å². The summed E-state index contributed by atoms with van der Waals surface area (Å²) in [7, 11) is 0. The van der Waals surface area contributed by atoms with Crippen LogP contribution in [-0.4, -0.2) is 89.5 Å². The molecule has 41 heavy (non-hydrogen) atoms. The Morgan fingerprint density at radius 3 is 2.22 bits per heavy atom. The number of H-pyrrole nitrogens is 1. The molecule has 2 aliphatic rings. The average molecular weight is 563 g/mol. The fourth-order valence-corrected chi connectivity index (χ4v) is 5.24. The highest BCUT2D eigenvalue weighted by molar-refractivity contribution is 5.94. The Morgan fingerprint density at radius 1 is 0.902 bits per heavy atom. The van der Waals surface area contributed by atoms with Crippen molar-refractivity contribution in [3.63, 3.8) is 0 Å². The zero-order valence-electron chi connectivity index (χ0n) is 23.7. The summed E-state index contributed by atoms with van der Waals surface area (Å²) in [5.74, 6) is 1.12. The SMILES string of the molecule is CCCCOc1ccc(C(=O)N2CCN(c3nc(CN4CCN(Cc5ccc(F)cc5)CC4)cc(=O)[nH]3)CC2)cc1. The van der Waals surface area contributed by atoms with E-state index in [0.29, 0.717) is 50.8 Å². The number of hydrogen-bond donors (Lipinski definition) is 1. The Bertz CT molecular complexity index is 1330. The first-order chi connectivity index (χ1) is 20.0. The van der Waals surface area contributed by atoms with Crippen LogP contribution in [0.4, 0.5) is 10.3 Å². The van der Waals surface area contributed by atoms with Gasteiger partial charge >= 0.3 is 0 Å². The normalized spacial score (nSPS) is 16.6. The molecule has 3 heterocycles. The highest BCUT2D eigenvalue weighted by atomic mass is 19.1. The van der Waals surface area contributed by atoms with E-state index in [9.17, 15) is 14.0 Å². The number of anilines is 1. The fourth-order valence-electron chi connectivity index (χ4n) is 5.24. The summed E-state index contributed by atoms with van der Waals surface area (Å²) >= 11 is 0. The van der Waals surface area contributed by atoms with Crippen LogP contribution in [0.15, 0.2) is 59.4 Å². The fraction of sp³-hybridized carbons (Fsp3) is 0.452. The molecule has 0 bridgehead atoms. The maximum atomic E-state index is 13.2. The first kappa shape index (κ1) is 28.8. The van der Waals surface area contributed by atoms with E-state index >= 15 is 0 Å². The van der Waals surface area contributed by atoms with Crippen molar-refractivity contribution < 1.29 is 13.9 Å². The van der Waals surface area contributed by atoms with Gasteiger partial charge < -0.3 is 14.5 Å². The first-order valence-electron chi connectivity index (χ1n) is 14.5. The van der Waals surface area contributed by atoms with Crippen molar-refractivity contribution in [3.8, 4) is 5.75 Å². The van der Waals surface area contributed by atoms with Gasteiger partial charge in [0.25, 0.3) is 11.5 Å². The summed E-state index contributed by atoms with van der Waals surface area (Å²) in [5, 5.41) is 0. The summed E-state index contributed by atoms with van der Waals surface area (Å²) in [6, 6.07) is 15.6. The number of nitrogens with zero attached hydrogens (tertiary/aromatic N) is 5. The van der Waals surface area contributed by atoms with Gasteiger partial charge in [0.1, 0.15) is 11.6 Å². The maximum Gasteiger partial charge on any atom is 0.253 e. The van der Waals surface area contributed by atoms with Crippen LogP contribution in [0.1, 0.15) is 41.4 Å². The lowest BCUT2D eigenvalue weighted by Crippen LogP contribution is -2.49. The van der Waals surface area contributed by atoms with Crippen molar-refractivity contribution in [2.45, 2.75) is 32.9 Å². The zero-order valence-corrected chi connectivity index (χ0v) is 23.7. The average Bonchev–Trinajstić information content (AvgIpc) is 2.99. The molecule has 0 spiro atoms. The van der Waals surface area contributed by atoms with E-state index in [2.05, 4.69) is 21.7 Å². The predicted octanol–water partition coefficient (Wildman–Crippen LogP) is 3.37. The van der Waals surface area contributed by atoms with Gasteiger partial charge in [-0.05, 0) is 48.4 Å². The minimum atomic E-state index is -0.215. The molecule has 1 aromatic heterocycles. The number of carbonyl (C=O) groups is 1. The van der Waals surface area contributed by atoms with E-state index < -0.39 is 0 Å². The quantitative estimate of drug-likeness (QED) is 0.380. The van der Waals surface area contributed by atoms with E-state index in [0.717, 1.165) is 62.6 Å². The second kappa shape index (κ2) is 13.7. The largest absolute Gasteiger partial charge is 0.494 e. The lowest BCUT2D eigenvalue weighted by molar-refractivity contribution is 0.0746. The van der Waals surface area contributed by atoms with Crippen LogP contribution in [0, 0.1) is 5.82 Å². The van der Waals surface area contributed by atoms with Gasteiger partial charge in [0.05, 0.1) is 12.3 Å². The Morgan fingerprint density at radius 2 is 1.56 bits per heavy atom. The van der Waals surface area contributed by atoms with Crippen LogP contribution < -0.4 is 15.2 Å². The number of piperazine rings is 2. The molecule has 2 fully saturated rings. The van der Waals surface area contributed by atoms with Crippen LogP contribution in [0.2, 0.25) is 0 Å². The van der Waals surface area contributed by atoms with Crippen molar-refractivity contribution in [3.05, 3.63) is 87.6 Å². The predicted molar refractivity (Wildman–Crippen MR) is 157 cm³/mol. The Kier molecular flexibility index (Phi) is 9.63. The van der Waals surface area contributed by atoms with Crippen molar-refractivity contribution in [1.82, 2.24) is 24.7 Å². The van der Waals surface area contributed by atoms with E-state index in [1.165, 1.54) is 12.1 Å². The highest BCUT2D eigenvalue weighted by Gasteiger charge is 2.24. The van der Waals surface area contributed by atoms with Gasteiger partial charge in [0, 0.05) is 77.1 Å². The molecule has 1 N–H and O–H groups in total. The Balaban J connectivity index is 1.11. The number of nitrogens with one attached hydrogen (secondary N) is 1. The molecule has 3 aromatic rings.